The van der Waals surface area contributed by atoms with Gasteiger partial charge in [0.05, 0.1) is 6.61 Å². The molecule has 1 aromatic heterocycles. The first kappa shape index (κ1) is 8.83. The van der Waals surface area contributed by atoms with Crippen LogP contribution in [0.2, 0.25) is 0 Å². The van der Waals surface area contributed by atoms with E-state index in [2.05, 4.69) is 15.2 Å². The summed E-state index contributed by atoms with van der Waals surface area (Å²) in [5.41, 5.74) is -0.245. The lowest BCUT2D eigenvalue weighted by atomic mass is 10.2. The minimum absolute atomic E-state index is 0.245. The largest absolute Gasteiger partial charge is 0.381 e. The van der Waals surface area contributed by atoms with Crippen LogP contribution in [0.25, 0.3) is 0 Å². The van der Waals surface area contributed by atoms with Gasteiger partial charge in [0, 0.05) is 12.4 Å². The van der Waals surface area contributed by atoms with Crippen molar-refractivity contribution >= 4 is 11.8 Å². The molecule has 13 heavy (non-hydrogen) atoms. The third-order valence-corrected chi connectivity index (χ3v) is 3.06. The molecule has 0 aliphatic carbocycles. The second kappa shape index (κ2) is 3.97. The van der Waals surface area contributed by atoms with Gasteiger partial charge in [-0.25, -0.2) is 9.89 Å². The molecule has 0 bridgehead atoms. The van der Waals surface area contributed by atoms with Gasteiger partial charge in [-0.2, -0.15) is 0 Å². The second-order valence-electron chi connectivity index (χ2n) is 3.02. The van der Waals surface area contributed by atoms with Crippen LogP contribution in [-0.2, 0) is 4.74 Å². The molecule has 1 aromatic rings. The molecule has 2 heterocycles. The van der Waals surface area contributed by atoms with Gasteiger partial charge in [0.25, 0.3) is 0 Å². The summed E-state index contributed by atoms with van der Waals surface area (Å²) in [7, 11) is 0. The Morgan fingerprint density at radius 2 is 2.62 bits per heavy atom. The average Bonchev–Trinajstić information content (AvgIpc) is 2.71. The van der Waals surface area contributed by atoms with Crippen LogP contribution in [0.5, 0.6) is 0 Å². The standard InChI is InChI=1S/C7H11N3O2S/c11-6-8-7(10-9-6)13-4-5-1-2-12-3-5/h5H,1-4H2,(H2,8,9,10,11). The van der Waals surface area contributed by atoms with E-state index in [0.29, 0.717) is 11.1 Å². The smallest absolute Gasteiger partial charge is 0.341 e. The van der Waals surface area contributed by atoms with Crippen LogP contribution < -0.4 is 5.69 Å². The number of nitrogens with one attached hydrogen (secondary N) is 2. The van der Waals surface area contributed by atoms with Gasteiger partial charge in [-0.3, -0.25) is 4.98 Å². The van der Waals surface area contributed by atoms with Crippen molar-refractivity contribution in [1.29, 1.82) is 0 Å². The zero-order valence-corrected chi connectivity index (χ0v) is 7.89. The first-order chi connectivity index (χ1) is 6.34. The summed E-state index contributed by atoms with van der Waals surface area (Å²) in [5, 5.41) is 6.80. The zero-order valence-electron chi connectivity index (χ0n) is 7.08. The van der Waals surface area contributed by atoms with Gasteiger partial charge in [-0.1, -0.05) is 11.8 Å². The summed E-state index contributed by atoms with van der Waals surface area (Å²) < 4.78 is 5.24. The number of nitrogens with zero attached hydrogens (tertiary/aromatic N) is 1. The Labute approximate surface area is 79.3 Å². The van der Waals surface area contributed by atoms with Crippen LogP contribution in [-0.4, -0.2) is 34.1 Å². The van der Waals surface area contributed by atoms with Gasteiger partial charge in [0.2, 0.25) is 0 Å². The molecule has 72 valence electrons. The van der Waals surface area contributed by atoms with E-state index in [9.17, 15) is 4.79 Å². The molecular weight excluding hydrogens is 190 g/mol. The molecule has 5 nitrogen and oxygen atoms in total. The third-order valence-electron chi connectivity index (χ3n) is 1.96. The van der Waals surface area contributed by atoms with Crippen molar-refractivity contribution in [3.63, 3.8) is 0 Å². The molecule has 0 amide bonds. The lowest BCUT2D eigenvalue weighted by Gasteiger charge is -2.03. The van der Waals surface area contributed by atoms with E-state index in [1.165, 1.54) is 0 Å². The number of H-pyrrole nitrogens is 2. The fourth-order valence-electron chi connectivity index (χ4n) is 1.23. The lowest BCUT2D eigenvalue weighted by Crippen LogP contribution is -2.03. The number of hydrogen-bond donors (Lipinski definition) is 2. The molecule has 0 radical (unpaired) electrons. The third kappa shape index (κ3) is 2.35. The second-order valence-corrected chi connectivity index (χ2v) is 4.03. The Hall–Kier alpha value is -0.750. The Kier molecular flexibility index (Phi) is 2.70. The molecule has 1 atom stereocenters. The summed E-state index contributed by atoms with van der Waals surface area (Å²) in [5.74, 6) is 1.56. The maximum Gasteiger partial charge on any atom is 0.341 e. The normalized spacial score (nSPS) is 22.3. The molecule has 2 N–H and O–H groups in total. The molecule has 1 unspecified atom stereocenters. The Bertz CT molecular complexity index is 316. The fraction of sp³-hybridized carbons (Fsp3) is 0.714. The van der Waals surface area contributed by atoms with Crippen molar-refractivity contribution in [2.45, 2.75) is 11.6 Å². The molecule has 0 spiro atoms. The number of ether oxygens (including phenoxy) is 1. The topological polar surface area (TPSA) is 70.8 Å². The van der Waals surface area contributed by atoms with Crippen LogP contribution in [0.1, 0.15) is 6.42 Å². The zero-order chi connectivity index (χ0) is 9.10. The molecule has 0 aromatic carbocycles. The highest BCUT2D eigenvalue weighted by Gasteiger charge is 2.16. The van der Waals surface area contributed by atoms with Crippen LogP contribution >= 0.6 is 11.8 Å². The summed E-state index contributed by atoms with van der Waals surface area (Å²) in [6, 6.07) is 0. The van der Waals surface area contributed by atoms with E-state index in [0.717, 1.165) is 25.4 Å². The average molecular weight is 201 g/mol. The predicted molar refractivity (Wildman–Crippen MR) is 48.9 cm³/mol. The number of hydrogen-bond acceptors (Lipinski definition) is 4. The number of aromatic amines is 2. The van der Waals surface area contributed by atoms with E-state index in [1.807, 2.05) is 0 Å². The molecule has 0 saturated carbocycles. The van der Waals surface area contributed by atoms with Crippen molar-refractivity contribution in [1.82, 2.24) is 15.2 Å². The van der Waals surface area contributed by atoms with E-state index < -0.39 is 0 Å². The SMILES string of the molecule is O=c1[nH]nc(SCC2CCOC2)[nH]1. The highest BCUT2D eigenvalue weighted by Crippen LogP contribution is 2.20. The first-order valence-corrected chi connectivity index (χ1v) is 5.18. The van der Waals surface area contributed by atoms with Gasteiger partial charge in [-0.15, -0.1) is 5.10 Å². The molecule has 1 saturated heterocycles. The van der Waals surface area contributed by atoms with Gasteiger partial charge in [0.1, 0.15) is 0 Å². The lowest BCUT2D eigenvalue weighted by molar-refractivity contribution is 0.189. The molecule has 2 rings (SSSR count). The summed E-state index contributed by atoms with van der Waals surface area (Å²) in [6.45, 7) is 1.70. The van der Waals surface area contributed by atoms with Crippen molar-refractivity contribution in [3.05, 3.63) is 10.5 Å². The highest BCUT2D eigenvalue weighted by molar-refractivity contribution is 7.99. The fourth-order valence-corrected chi connectivity index (χ4v) is 2.17. The van der Waals surface area contributed by atoms with Crippen LogP contribution in [0, 0.1) is 5.92 Å². The van der Waals surface area contributed by atoms with Crippen LogP contribution in [0.4, 0.5) is 0 Å². The molecule has 1 aliphatic heterocycles. The van der Waals surface area contributed by atoms with Crippen molar-refractivity contribution in [2.24, 2.45) is 5.92 Å². The molecule has 1 aliphatic rings. The summed E-state index contributed by atoms with van der Waals surface area (Å²) >= 11 is 1.56. The monoisotopic (exact) mass is 201 g/mol. The van der Waals surface area contributed by atoms with Crippen molar-refractivity contribution in [2.75, 3.05) is 19.0 Å². The summed E-state index contributed by atoms with van der Waals surface area (Å²) in [6.07, 6.45) is 1.11. The van der Waals surface area contributed by atoms with E-state index in [-0.39, 0.29) is 5.69 Å². The van der Waals surface area contributed by atoms with E-state index in [4.69, 9.17) is 4.74 Å². The van der Waals surface area contributed by atoms with Gasteiger partial charge in [0.15, 0.2) is 5.16 Å². The summed E-state index contributed by atoms with van der Waals surface area (Å²) in [4.78, 5) is 13.3. The first-order valence-electron chi connectivity index (χ1n) is 4.20. The van der Waals surface area contributed by atoms with Crippen molar-refractivity contribution < 1.29 is 4.74 Å². The number of rotatable bonds is 3. The van der Waals surface area contributed by atoms with Gasteiger partial charge >= 0.3 is 5.69 Å². The molecular formula is C7H11N3O2S. The van der Waals surface area contributed by atoms with Crippen LogP contribution in [0.3, 0.4) is 0 Å². The Morgan fingerprint density at radius 3 is 3.23 bits per heavy atom. The Balaban J connectivity index is 1.82. The maximum absolute atomic E-state index is 10.7. The number of aromatic nitrogens is 3. The minimum Gasteiger partial charge on any atom is -0.381 e. The van der Waals surface area contributed by atoms with Gasteiger partial charge < -0.3 is 4.74 Å². The highest BCUT2D eigenvalue weighted by atomic mass is 32.2. The minimum atomic E-state index is -0.245. The molecule has 6 heteroatoms. The maximum atomic E-state index is 10.7. The Morgan fingerprint density at radius 1 is 1.69 bits per heavy atom. The van der Waals surface area contributed by atoms with Crippen molar-refractivity contribution in [3.8, 4) is 0 Å². The van der Waals surface area contributed by atoms with E-state index in [1.54, 1.807) is 11.8 Å². The quantitative estimate of drug-likeness (QED) is 0.687. The van der Waals surface area contributed by atoms with Gasteiger partial charge in [-0.05, 0) is 12.3 Å². The van der Waals surface area contributed by atoms with E-state index >= 15 is 0 Å². The predicted octanol–water partition coefficient (Wildman–Crippen LogP) is 0.227. The molecule has 1 fully saturated rings. The number of thioether (sulfide) groups is 1. The van der Waals surface area contributed by atoms with Crippen LogP contribution in [0.15, 0.2) is 9.95 Å².